The normalized spacial score (nSPS) is 12.4. The number of hydrogen-bond donors (Lipinski definition) is 1. The van der Waals surface area contributed by atoms with Crippen LogP contribution in [0.2, 0.25) is 0 Å². The first-order valence-electron chi connectivity index (χ1n) is 7.39. The molecule has 0 saturated carbocycles. The quantitative estimate of drug-likeness (QED) is 0.945. The van der Waals surface area contributed by atoms with Crippen LogP contribution in [0.1, 0.15) is 12.0 Å². The third-order valence-electron chi connectivity index (χ3n) is 3.63. The van der Waals surface area contributed by atoms with Crippen LogP contribution in [0, 0.1) is 0 Å². The van der Waals surface area contributed by atoms with Gasteiger partial charge in [-0.1, -0.05) is 30.3 Å². The van der Waals surface area contributed by atoms with Crippen LogP contribution in [0.15, 0.2) is 36.4 Å². The molecule has 22 heavy (non-hydrogen) atoms. The highest BCUT2D eigenvalue weighted by Gasteiger charge is 2.19. The summed E-state index contributed by atoms with van der Waals surface area (Å²) in [7, 11) is 4.82. The zero-order valence-electron chi connectivity index (χ0n) is 13.4. The molecule has 0 fully saturated rings. The molecule has 0 bridgehead atoms. The van der Waals surface area contributed by atoms with Crippen LogP contribution in [0.4, 0.5) is 0 Å². The second-order valence-electron chi connectivity index (χ2n) is 4.79. The van der Waals surface area contributed by atoms with Crippen molar-refractivity contribution in [1.82, 2.24) is 0 Å². The Bertz CT molecular complexity index is 588. The number of benzene rings is 2. The van der Waals surface area contributed by atoms with Crippen LogP contribution in [0.5, 0.6) is 17.2 Å². The summed E-state index contributed by atoms with van der Waals surface area (Å²) < 4.78 is 16.8. The van der Waals surface area contributed by atoms with E-state index in [9.17, 15) is 0 Å². The van der Waals surface area contributed by atoms with E-state index in [-0.39, 0.29) is 0 Å². The molecule has 1 aliphatic rings. The second kappa shape index (κ2) is 7.71. The van der Waals surface area contributed by atoms with Gasteiger partial charge in [-0.15, -0.1) is 0 Å². The summed E-state index contributed by atoms with van der Waals surface area (Å²) in [4.78, 5) is 0. The van der Waals surface area contributed by atoms with Gasteiger partial charge in [0.05, 0.1) is 20.8 Å². The lowest BCUT2D eigenvalue weighted by molar-refractivity contribution is 0.289. The Balaban J connectivity index is 0.000000847. The van der Waals surface area contributed by atoms with Gasteiger partial charge in [-0.2, -0.15) is 0 Å². The molecule has 1 heterocycles. The van der Waals surface area contributed by atoms with Crippen molar-refractivity contribution in [1.29, 1.82) is 0 Å². The molecule has 0 unspecified atom stereocenters. The summed E-state index contributed by atoms with van der Waals surface area (Å²) >= 11 is 0. The third-order valence-corrected chi connectivity index (χ3v) is 3.63. The number of fused-ring (bicyclic) bond motifs is 1. The van der Waals surface area contributed by atoms with Crippen molar-refractivity contribution in [3.63, 3.8) is 0 Å². The lowest BCUT2D eigenvalue weighted by Crippen LogP contribution is -2.09. The van der Waals surface area contributed by atoms with Crippen molar-refractivity contribution >= 4 is 0 Å². The Labute approximate surface area is 131 Å². The van der Waals surface area contributed by atoms with Gasteiger partial charge in [0, 0.05) is 11.1 Å². The molecule has 2 aromatic carbocycles. The number of para-hydroxylation sites is 2. The van der Waals surface area contributed by atoms with E-state index in [1.165, 1.54) is 12.6 Å². The fourth-order valence-corrected chi connectivity index (χ4v) is 2.70. The Morgan fingerprint density at radius 2 is 1.68 bits per heavy atom. The van der Waals surface area contributed by atoms with Crippen LogP contribution >= 0.6 is 0 Å². The molecule has 0 spiro atoms. The number of aryl methyl sites for hydroxylation is 1. The first kappa shape index (κ1) is 16.2. The summed E-state index contributed by atoms with van der Waals surface area (Å²) in [5, 5.41) is 0. The molecule has 0 saturated heterocycles. The number of methoxy groups -OCH3 is 2. The molecule has 1 aliphatic heterocycles. The molecule has 118 valence electrons. The van der Waals surface area contributed by atoms with Gasteiger partial charge in [-0.25, -0.2) is 0 Å². The van der Waals surface area contributed by atoms with Crippen LogP contribution in [0.3, 0.4) is 0 Å². The van der Waals surface area contributed by atoms with E-state index in [0.29, 0.717) is 0 Å². The van der Waals surface area contributed by atoms with Crippen LogP contribution in [-0.2, 0) is 6.42 Å². The van der Waals surface area contributed by atoms with Crippen LogP contribution in [0.25, 0.3) is 11.1 Å². The fourth-order valence-electron chi connectivity index (χ4n) is 2.70. The molecule has 0 aliphatic carbocycles. The standard InChI is InChI=1S/C17H18O3.CH5N/c1-18-15-10-4-9-14(17(15)19-2)13-8-3-6-12-7-5-11-20-16(12)13;1-2/h3-4,6,8-10H,5,7,11H2,1-2H3;2H2,1H3. The summed E-state index contributed by atoms with van der Waals surface area (Å²) in [6.07, 6.45) is 2.14. The number of nitrogens with two attached hydrogens (primary N) is 1. The van der Waals surface area contributed by atoms with Crippen molar-refractivity contribution < 1.29 is 14.2 Å². The molecular weight excluding hydrogens is 278 g/mol. The Hall–Kier alpha value is -2.20. The van der Waals surface area contributed by atoms with Crippen molar-refractivity contribution in [2.24, 2.45) is 5.73 Å². The Morgan fingerprint density at radius 1 is 0.955 bits per heavy atom. The molecule has 0 atom stereocenters. The van der Waals surface area contributed by atoms with Crippen LogP contribution in [-0.4, -0.2) is 27.9 Å². The Kier molecular flexibility index (Phi) is 5.67. The average Bonchev–Trinajstić information content (AvgIpc) is 2.62. The molecule has 0 aromatic heterocycles. The largest absolute Gasteiger partial charge is 0.493 e. The van der Waals surface area contributed by atoms with Crippen molar-refractivity contribution in [3.8, 4) is 28.4 Å². The van der Waals surface area contributed by atoms with E-state index in [1.54, 1.807) is 14.2 Å². The van der Waals surface area contributed by atoms with Gasteiger partial charge >= 0.3 is 0 Å². The van der Waals surface area contributed by atoms with E-state index >= 15 is 0 Å². The maximum absolute atomic E-state index is 5.89. The second-order valence-corrected chi connectivity index (χ2v) is 4.79. The lowest BCUT2D eigenvalue weighted by Gasteiger charge is -2.21. The molecule has 0 amide bonds. The molecule has 4 nitrogen and oxygen atoms in total. The van der Waals surface area contributed by atoms with Gasteiger partial charge in [-0.3, -0.25) is 0 Å². The predicted molar refractivity (Wildman–Crippen MR) is 88.9 cm³/mol. The van der Waals surface area contributed by atoms with E-state index in [0.717, 1.165) is 47.8 Å². The molecule has 2 aromatic rings. The summed E-state index contributed by atoms with van der Waals surface area (Å²) in [5.74, 6) is 2.46. The van der Waals surface area contributed by atoms with E-state index in [2.05, 4.69) is 23.9 Å². The topological polar surface area (TPSA) is 53.7 Å². The zero-order valence-corrected chi connectivity index (χ0v) is 13.4. The maximum atomic E-state index is 5.89. The highest BCUT2D eigenvalue weighted by atomic mass is 16.5. The first-order valence-corrected chi connectivity index (χ1v) is 7.39. The summed E-state index contributed by atoms with van der Waals surface area (Å²) in [6.45, 7) is 0.774. The third kappa shape index (κ3) is 3.02. The summed E-state index contributed by atoms with van der Waals surface area (Å²) in [5.41, 5.74) is 7.84. The van der Waals surface area contributed by atoms with Gasteiger partial charge in [0.2, 0.25) is 0 Å². The van der Waals surface area contributed by atoms with E-state index in [4.69, 9.17) is 14.2 Å². The SMILES string of the molecule is CN.COc1cccc(-c2cccc3c2OCCC3)c1OC. The van der Waals surface area contributed by atoms with Crippen LogP contribution < -0.4 is 19.9 Å². The van der Waals surface area contributed by atoms with Gasteiger partial charge < -0.3 is 19.9 Å². The maximum Gasteiger partial charge on any atom is 0.168 e. The minimum atomic E-state index is 0.735. The minimum absolute atomic E-state index is 0.735. The lowest BCUT2D eigenvalue weighted by atomic mass is 9.97. The fraction of sp³-hybridized carbons (Fsp3) is 0.333. The number of rotatable bonds is 3. The van der Waals surface area contributed by atoms with Crippen molar-refractivity contribution in [2.75, 3.05) is 27.9 Å². The monoisotopic (exact) mass is 301 g/mol. The van der Waals surface area contributed by atoms with E-state index < -0.39 is 0 Å². The Morgan fingerprint density at radius 3 is 2.41 bits per heavy atom. The molecule has 4 heteroatoms. The first-order chi connectivity index (χ1) is 10.8. The van der Waals surface area contributed by atoms with Gasteiger partial charge in [0.25, 0.3) is 0 Å². The van der Waals surface area contributed by atoms with E-state index in [1.807, 2.05) is 18.2 Å². The summed E-state index contributed by atoms with van der Waals surface area (Å²) in [6, 6.07) is 12.2. The van der Waals surface area contributed by atoms with Gasteiger partial charge in [0.1, 0.15) is 5.75 Å². The highest BCUT2D eigenvalue weighted by molar-refractivity contribution is 5.79. The van der Waals surface area contributed by atoms with Crippen molar-refractivity contribution in [2.45, 2.75) is 12.8 Å². The predicted octanol–water partition coefficient (Wildman–Crippen LogP) is 3.27. The molecule has 3 rings (SSSR count). The van der Waals surface area contributed by atoms with Gasteiger partial charge in [-0.05, 0) is 31.5 Å². The zero-order chi connectivity index (χ0) is 15.9. The average molecular weight is 301 g/mol. The smallest absolute Gasteiger partial charge is 0.168 e. The number of ether oxygens (including phenoxy) is 3. The molecule has 2 N–H and O–H groups in total. The van der Waals surface area contributed by atoms with Gasteiger partial charge in [0.15, 0.2) is 11.5 Å². The molecule has 0 radical (unpaired) electrons. The molecular formula is C18H23NO3. The minimum Gasteiger partial charge on any atom is -0.493 e. The highest BCUT2D eigenvalue weighted by Crippen LogP contribution is 2.43. The number of hydrogen-bond acceptors (Lipinski definition) is 4. The van der Waals surface area contributed by atoms with Crippen molar-refractivity contribution in [3.05, 3.63) is 42.0 Å².